The molecule has 2 rings (SSSR count). The maximum atomic E-state index is 11.8. The van der Waals surface area contributed by atoms with E-state index in [1.807, 2.05) is 30.3 Å². The van der Waals surface area contributed by atoms with E-state index in [-0.39, 0.29) is 11.3 Å². The molecule has 0 aliphatic rings. The lowest BCUT2D eigenvalue weighted by Crippen LogP contribution is -2.19. The second kappa shape index (κ2) is 8.69. The molecule has 0 atom stereocenters. The number of hydrazone groups is 1. The van der Waals surface area contributed by atoms with E-state index < -0.39 is 0 Å². The van der Waals surface area contributed by atoms with Crippen LogP contribution < -0.4 is 5.43 Å². The van der Waals surface area contributed by atoms with Gasteiger partial charge in [0.25, 0.3) is 0 Å². The lowest BCUT2D eigenvalue weighted by molar-refractivity contribution is -0.118. The van der Waals surface area contributed by atoms with Gasteiger partial charge in [0, 0.05) is 5.75 Å². The highest BCUT2D eigenvalue weighted by molar-refractivity contribution is 7.99. The maximum absolute atomic E-state index is 11.8. The van der Waals surface area contributed by atoms with E-state index in [1.54, 1.807) is 18.0 Å². The summed E-state index contributed by atoms with van der Waals surface area (Å²) in [4.78, 5) is 11.8. The third-order valence-electron chi connectivity index (χ3n) is 3.52. The van der Waals surface area contributed by atoms with Gasteiger partial charge in [-0.05, 0) is 22.1 Å². The van der Waals surface area contributed by atoms with Gasteiger partial charge in [0.1, 0.15) is 0 Å². The molecule has 126 valence electrons. The van der Waals surface area contributed by atoms with Gasteiger partial charge in [-0.15, -0.1) is 11.8 Å². The first-order valence-electron chi connectivity index (χ1n) is 7.99. The summed E-state index contributed by atoms with van der Waals surface area (Å²) < 4.78 is 0. The van der Waals surface area contributed by atoms with Gasteiger partial charge in [0.05, 0.1) is 12.0 Å². The van der Waals surface area contributed by atoms with Gasteiger partial charge in [-0.1, -0.05) is 75.4 Å². The third-order valence-corrected chi connectivity index (χ3v) is 4.53. The molecule has 0 saturated carbocycles. The van der Waals surface area contributed by atoms with Crippen molar-refractivity contribution in [2.24, 2.45) is 5.10 Å². The molecule has 0 unspecified atom stereocenters. The highest BCUT2D eigenvalue weighted by Gasteiger charge is 2.12. The summed E-state index contributed by atoms with van der Waals surface area (Å²) >= 11 is 1.58. The van der Waals surface area contributed by atoms with Crippen molar-refractivity contribution >= 4 is 23.9 Å². The maximum Gasteiger partial charge on any atom is 0.250 e. The summed E-state index contributed by atoms with van der Waals surface area (Å²) in [5, 5.41) is 4.02. The van der Waals surface area contributed by atoms with Gasteiger partial charge in [0.15, 0.2) is 0 Å². The van der Waals surface area contributed by atoms with Crippen molar-refractivity contribution in [1.29, 1.82) is 0 Å². The number of hydrogen-bond donors (Lipinski definition) is 1. The minimum absolute atomic E-state index is 0.0847. The minimum Gasteiger partial charge on any atom is -0.272 e. The number of thioether (sulfide) groups is 1. The van der Waals surface area contributed by atoms with Gasteiger partial charge in [-0.3, -0.25) is 4.79 Å². The Hall–Kier alpha value is -2.07. The van der Waals surface area contributed by atoms with Gasteiger partial charge < -0.3 is 0 Å². The van der Waals surface area contributed by atoms with E-state index in [1.165, 1.54) is 11.1 Å². The largest absolute Gasteiger partial charge is 0.272 e. The highest BCUT2D eigenvalue weighted by Crippen LogP contribution is 2.21. The molecule has 1 N–H and O–H groups in total. The molecule has 0 fully saturated rings. The first-order chi connectivity index (χ1) is 11.4. The molecule has 0 aliphatic heterocycles. The van der Waals surface area contributed by atoms with Crippen LogP contribution in [0.3, 0.4) is 0 Å². The fraction of sp³-hybridized carbons (Fsp3) is 0.300. The molecular weight excluding hydrogens is 316 g/mol. The molecule has 1 amide bonds. The van der Waals surface area contributed by atoms with Crippen molar-refractivity contribution in [3.05, 3.63) is 71.3 Å². The van der Waals surface area contributed by atoms with Crippen molar-refractivity contribution in [2.45, 2.75) is 31.9 Å². The van der Waals surface area contributed by atoms with E-state index in [0.717, 1.165) is 11.3 Å². The number of hydrogen-bond acceptors (Lipinski definition) is 3. The molecule has 2 aromatic rings. The standard InChI is InChI=1S/C20H24N2OS/c1-20(2,3)18-11-9-16(10-12-18)13-21-22-19(23)15-24-14-17-7-5-4-6-8-17/h4-13H,14-15H2,1-3H3,(H,22,23)/b21-13-. The molecule has 0 heterocycles. The summed E-state index contributed by atoms with van der Waals surface area (Å²) in [5.74, 6) is 1.14. The summed E-state index contributed by atoms with van der Waals surface area (Å²) in [7, 11) is 0. The van der Waals surface area contributed by atoms with Crippen LogP contribution in [0, 0.1) is 0 Å². The average Bonchev–Trinajstić information content (AvgIpc) is 2.55. The Labute approximate surface area is 148 Å². The molecule has 0 saturated heterocycles. The fourth-order valence-corrected chi connectivity index (χ4v) is 2.90. The van der Waals surface area contributed by atoms with E-state index in [9.17, 15) is 4.79 Å². The molecule has 0 spiro atoms. The lowest BCUT2D eigenvalue weighted by Gasteiger charge is -2.18. The Morgan fingerprint density at radius 1 is 1.08 bits per heavy atom. The van der Waals surface area contributed by atoms with Crippen LogP contribution in [0.2, 0.25) is 0 Å². The number of rotatable bonds is 6. The van der Waals surface area contributed by atoms with Gasteiger partial charge in [-0.25, -0.2) is 5.43 Å². The van der Waals surface area contributed by atoms with Gasteiger partial charge >= 0.3 is 0 Å². The first-order valence-corrected chi connectivity index (χ1v) is 9.15. The van der Waals surface area contributed by atoms with E-state index in [0.29, 0.717) is 5.75 Å². The number of nitrogens with zero attached hydrogens (tertiary/aromatic N) is 1. The van der Waals surface area contributed by atoms with Crippen molar-refractivity contribution < 1.29 is 4.79 Å². The molecule has 0 aliphatic carbocycles. The topological polar surface area (TPSA) is 41.5 Å². The van der Waals surface area contributed by atoms with Crippen LogP contribution in [0.1, 0.15) is 37.5 Å². The molecule has 4 heteroatoms. The number of carbonyl (C=O) groups excluding carboxylic acids is 1. The summed E-state index contributed by atoms with van der Waals surface area (Å²) in [5.41, 5.74) is 6.18. The van der Waals surface area contributed by atoms with E-state index >= 15 is 0 Å². The molecular formula is C20H24N2OS. The summed E-state index contributed by atoms with van der Waals surface area (Å²) in [6, 6.07) is 18.3. The van der Waals surface area contributed by atoms with Crippen molar-refractivity contribution in [3.8, 4) is 0 Å². The van der Waals surface area contributed by atoms with Crippen LogP contribution in [0.4, 0.5) is 0 Å². The molecule has 0 radical (unpaired) electrons. The third kappa shape index (κ3) is 6.20. The lowest BCUT2D eigenvalue weighted by atomic mass is 9.87. The molecule has 2 aromatic carbocycles. The van der Waals surface area contributed by atoms with Gasteiger partial charge in [-0.2, -0.15) is 5.10 Å². The quantitative estimate of drug-likeness (QED) is 0.627. The first kappa shape index (κ1) is 18.3. The van der Waals surface area contributed by atoms with Gasteiger partial charge in [0.2, 0.25) is 5.91 Å². The highest BCUT2D eigenvalue weighted by atomic mass is 32.2. The number of carbonyl (C=O) groups is 1. The summed E-state index contributed by atoms with van der Waals surface area (Å²) in [6.45, 7) is 6.55. The van der Waals surface area contributed by atoms with Crippen molar-refractivity contribution in [2.75, 3.05) is 5.75 Å². The van der Waals surface area contributed by atoms with Crippen LogP contribution >= 0.6 is 11.8 Å². The second-order valence-electron chi connectivity index (χ2n) is 6.64. The van der Waals surface area contributed by atoms with Crippen LogP contribution in [-0.4, -0.2) is 17.9 Å². The normalized spacial score (nSPS) is 11.6. The number of amides is 1. The Morgan fingerprint density at radius 2 is 1.75 bits per heavy atom. The second-order valence-corrected chi connectivity index (χ2v) is 7.63. The zero-order valence-corrected chi connectivity index (χ0v) is 15.3. The minimum atomic E-state index is -0.0847. The molecule has 0 aromatic heterocycles. The Morgan fingerprint density at radius 3 is 2.38 bits per heavy atom. The van der Waals surface area contributed by atoms with E-state index in [4.69, 9.17) is 0 Å². The zero-order valence-electron chi connectivity index (χ0n) is 14.5. The molecule has 3 nitrogen and oxygen atoms in total. The van der Waals surface area contributed by atoms with E-state index in [2.05, 4.69) is 55.6 Å². The smallest absolute Gasteiger partial charge is 0.250 e. The van der Waals surface area contributed by atoms with Crippen LogP contribution in [-0.2, 0) is 16.0 Å². The average molecular weight is 340 g/mol. The fourth-order valence-electron chi connectivity index (χ4n) is 2.12. The van der Waals surface area contributed by atoms with Crippen LogP contribution in [0.15, 0.2) is 59.7 Å². The summed E-state index contributed by atoms with van der Waals surface area (Å²) in [6.07, 6.45) is 1.67. The Kier molecular flexibility index (Phi) is 6.62. The molecule has 0 bridgehead atoms. The Balaban J connectivity index is 1.74. The Bertz CT molecular complexity index is 673. The zero-order chi connectivity index (χ0) is 17.4. The monoisotopic (exact) mass is 340 g/mol. The van der Waals surface area contributed by atoms with Crippen molar-refractivity contribution in [1.82, 2.24) is 5.43 Å². The van der Waals surface area contributed by atoms with Crippen molar-refractivity contribution in [3.63, 3.8) is 0 Å². The molecule has 24 heavy (non-hydrogen) atoms. The van der Waals surface area contributed by atoms with Crippen LogP contribution in [0.5, 0.6) is 0 Å². The predicted molar refractivity (Wildman–Crippen MR) is 103 cm³/mol. The SMILES string of the molecule is CC(C)(C)c1ccc(/C=N\NC(=O)CSCc2ccccc2)cc1. The number of benzene rings is 2. The van der Waals surface area contributed by atoms with Crippen LogP contribution in [0.25, 0.3) is 0 Å². The number of nitrogens with one attached hydrogen (secondary N) is 1. The predicted octanol–water partition coefficient (Wildman–Crippen LogP) is 4.37.